The van der Waals surface area contributed by atoms with Crippen LogP contribution in [0.1, 0.15) is 37.6 Å². The largest absolute Gasteiger partial charge is 0.397 e. The number of benzene rings is 2. The van der Waals surface area contributed by atoms with Crippen molar-refractivity contribution in [1.29, 1.82) is 0 Å². The fourth-order valence-electron chi connectivity index (χ4n) is 3.08. The second-order valence-electron chi connectivity index (χ2n) is 6.09. The minimum Gasteiger partial charge on any atom is -0.397 e. The normalized spacial score (nSPS) is 11.2. The summed E-state index contributed by atoms with van der Waals surface area (Å²) in [6.45, 7) is 3.26. The number of hydrogen-bond donors (Lipinski definition) is 1. The molecule has 2 aromatic carbocycles. The van der Waals surface area contributed by atoms with Gasteiger partial charge >= 0.3 is 0 Å². The van der Waals surface area contributed by atoms with Crippen LogP contribution in [0.5, 0.6) is 0 Å². The third-order valence-corrected chi connectivity index (χ3v) is 4.35. The number of nitrogen functional groups attached to an aromatic ring is 1. The highest BCUT2D eigenvalue weighted by molar-refractivity contribution is 5.87. The number of rotatable bonds is 7. The molecule has 0 bridgehead atoms. The van der Waals surface area contributed by atoms with Crippen LogP contribution in [0.3, 0.4) is 0 Å². The summed E-state index contributed by atoms with van der Waals surface area (Å²) in [5.41, 5.74) is 10.4. The van der Waals surface area contributed by atoms with Gasteiger partial charge in [0.25, 0.3) is 0 Å². The Kier molecular flexibility index (Phi) is 4.96. The lowest BCUT2D eigenvalue weighted by Crippen LogP contribution is -2.05. The molecule has 2 N–H and O–H groups in total. The molecule has 0 amide bonds. The van der Waals surface area contributed by atoms with Gasteiger partial charge in [0.15, 0.2) is 0 Å². The minimum absolute atomic E-state index is 0.776. The summed E-state index contributed by atoms with van der Waals surface area (Å²) in [7, 11) is 0. The zero-order valence-corrected chi connectivity index (χ0v) is 13.8. The molecule has 0 saturated carbocycles. The number of para-hydroxylation sites is 1. The van der Waals surface area contributed by atoms with Crippen LogP contribution < -0.4 is 5.73 Å². The van der Waals surface area contributed by atoms with Gasteiger partial charge in [-0.15, -0.1) is 0 Å². The molecule has 0 unspecified atom stereocenters. The molecule has 0 aliphatic rings. The van der Waals surface area contributed by atoms with E-state index in [4.69, 9.17) is 10.7 Å². The van der Waals surface area contributed by atoms with Crippen molar-refractivity contribution >= 4 is 16.7 Å². The van der Waals surface area contributed by atoms with Crippen LogP contribution in [0.4, 0.5) is 5.69 Å². The summed E-state index contributed by atoms with van der Waals surface area (Å²) in [5.74, 6) is 1.15. The summed E-state index contributed by atoms with van der Waals surface area (Å²) >= 11 is 0. The van der Waals surface area contributed by atoms with Gasteiger partial charge in [0.2, 0.25) is 0 Å². The molecule has 1 aromatic heterocycles. The van der Waals surface area contributed by atoms with Crippen LogP contribution in [0.25, 0.3) is 11.0 Å². The number of nitrogens with zero attached hydrogens (tertiary/aromatic N) is 2. The first-order valence-corrected chi connectivity index (χ1v) is 8.57. The second-order valence-corrected chi connectivity index (χ2v) is 6.09. The maximum Gasteiger partial charge on any atom is 0.112 e. The number of nitrogens with two attached hydrogens (primary N) is 1. The molecule has 0 spiro atoms. The van der Waals surface area contributed by atoms with Crippen LogP contribution in [0, 0.1) is 0 Å². The van der Waals surface area contributed by atoms with E-state index in [2.05, 4.69) is 47.9 Å². The second kappa shape index (κ2) is 7.32. The van der Waals surface area contributed by atoms with Crippen LogP contribution >= 0.6 is 0 Å². The van der Waals surface area contributed by atoms with Crippen molar-refractivity contribution in [2.45, 2.75) is 45.6 Å². The molecule has 3 heteroatoms. The lowest BCUT2D eigenvalue weighted by molar-refractivity contribution is 0.589. The van der Waals surface area contributed by atoms with Gasteiger partial charge in [0.05, 0.1) is 11.2 Å². The predicted octanol–water partition coefficient (Wildman–Crippen LogP) is 4.59. The van der Waals surface area contributed by atoms with Crippen LogP contribution in [-0.2, 0) is 19.4 Å². The summed E-state index contributed by atoms with van der Waals surface area (Å²) in [6, 6.07) is 16.7. The Morgan fingerprint density at radius 2 is 1.78 bits per heavy atom. The van der Waals surface area contributed by atoms with Crippen molar-refractivity contribution < 1.29 is 0 Å². The van der Waals surface area contributed by atoms with E-state index in [9.17, 15) is 0 Å². The van der Waals surface area contributed by atoms with Crippen LogP contribution in [-0.4, -0.2) is 9.55 Å². The molecular formula is C20H25N3. The van der Waals surface area contributed by atoms with E-state index in [0.717, 1.165) is 36.4 Å². The average molecular weight is 307 g/mol. The standard InChI is InChI=1S/C20H25N3/c1-2-3-7-15-23-18-12-8-11-17(21)20(18)22-19(23)14-13-16-9-5-4-6-10-16/h4-6,8-12H,2-3,7,13-15,21H2,1H3. The van der Waals surface area contributed by atoms with E-state index in [-0.39, 0.29) is 0 Å². The molecule has 0 atom stereocenters. The van der Waals surface area contributed by atoms with Gasteiger partial charge < -0.3 is 10.3 Å². The van der Waals surface area contributed by atoms with Gasteiger partial charge in [-0.05, 0) is 30.5 Å². The summed E-state index contributed by atoms with van der Waals surface area (Å²) in [6.07, 6.45) is 5.63. The monoisotopic (exact) mass is 307 g/mol. The Labute approximate surface area is 138 Å². The minimum atomic E-state index is 0.776. The van der Waals surface area contributed by atoms with Crippen molar-refractivity contribution in [2.75, 3.05) is 5.73 Å². The van der Waals surface area contributed by atoms with Crippen molar-refractivity contribution in [3.05, 3.63) is 59.9 Å². The molecule has 23 heavy (non-hydrogen) atoms. The Morgan fingerprint density at radius 1 is 0.957 bits per heavy atom. The number of fused-ring (bicyclic) bond motifs is 1. The molecule has 3 nitrogen and oxygen atoms in total. The third-order valence-electron chi connectivity index (χ3n) is 4.35. The van der Waals surface area contributed by atoms with Gasteiger partial charge in [-0.2, -0.15) is 0 Å². The highest BCUT2D eigenvalue weighted by Gasteiger charge is 2.12. The first kappa shape index (κ1) is 15.6. The summed E-state index contributed by atoms with van der Waals surface area (Å²) in [4.78, 5) is 4.84. The van der Waals surface area contributed by atoms with E-state index in [1.165, 1.54) is 30.3 Å². The highest BCUT2D eigenvalue weighted by Crippen LogP contribution is 2.23. The lowest BCUT2D eigenvalue weighted by Gasteiger charge is -2.09. The number of aromatic nitrogens is 2. The zero-order chi connectivity index (χ0) is 16.1. The molecular weight excluding hydrogens is 282 g/mol. The van der Waals surface area contributed by atoms with E-state index >= 15 is 0 Å². The van der Waals surface area contributed by atoms with Crippen LogP contribution in [0.2, 0.25) is 0 Å². The molecule has 0 fully saturated rings. The Bertz CT molecular complexity index is 759. The first-order valence-electron chi connectivity index (χ1n) is 8.57. The number of imidazole rings is 1. The molecule has 1 heterocycles. The maximum absolute atomic E-state index is 6.12. The third kappa shape index (κ3) is 3.55. The molecule has 0 aliphatic carbocycles. The quantitative estimate of drug-likeness (QED) is 0.512. The molecule has 0 radical (unpaired) electrons. The van der Waals surface area contributed by atoms with Crippen molar-refractivity contribution in [1.82, 2.24) is 9.55 Å². The Morgan fingerprint density at radius 3 is 2.57 bits per heavy atom. The lowest BCUT2D eigenvalue weighted by atomic mass is 10.1. The van der Waals surface area contributed by atoms with E-state index in [1.807, 2.05) is 12.1 Å². The van der Waals surface area contributed by atoms with E-state index in [1.54, 1.807) is 0 Å². The van der Waals surface area contributed by atoms with Crippen molar-refractivity contribution in [3.63, 3.8) is 0 Å². The number of anilines is 1. The molecule has 120 valence electrons. The summed E-state index contributed by atoms with van der Waals surface area (Å²) < 4.78 is 2.37. The molecule has 0 saturated heterocycles. The zero-order valence-electron chi connectivity index (χ0n) is 13.8. The summed E-state index contributed by atoms with van der Waals surface area (Å²) in [5, 5.41) is 0. The fourth-order valence-corrected chi connectivity index (χ4v) is 3.08. The Hall–Kier alpha value is -2.29. The Balaban J connectivity index is 1.87. The topological polar surface area (TPSA) is 43.8 Å². The molecule has 3 aromatic rings. The SMILES string of the molecule is CCCCCn1c(CCc2ccccc2)nc2c(N)cccc21. The van der Waals surface area contributed by atoms with E-state index < -0.39 is 0 Å². The van der Waals surface area contributed by atoms with Gasteiger partial charge in [-0.3, -0.25) is 0 Å². The van der Waals surface area contributed by atoms with Crippen molar-refractivity contribution in [3.8, 4) is 0 Å². The smallest absolute Gasteiger partial charge is 0.112 e. The van der Waals surface area contributed by atoms with Gasteiger partial charge in [0.1, 0.15) is 11.3 Å². The fraction of sp³-hybridized carbons (Fsp3) is 0.350. The maximum atomic E-state index is 6.12. The first-order chi connectivity index (χ1) is 11.3. The highest BCUT2D eigenvalue weighted by atomic mass is 15.1. The average Bonchev–Trinajstić information content (AvgIpc) is 2.94. The van der Waals surface area contributed by atoms with Crippen molar-refractivity contribution in [2.24, 2.45) is 0 Å². The van der Waals surface area contributed by atoms with Gasteiger partial charge in [-0.25, -0.2) is 4.98 Å². The van der Waals surface area contributed by atoms with Crippen LogP contribution in [0.15, 0.2) is 48.5 Å². The van der Waals surface area contributed by atoms with Gasteiger partial charge in [0, 0.05) is 13.0 Å². The van der Waals surface area contributed by atoms with E-state index in [0.29, 0.717) is 0 Å². The predicted molar refractivity (Wildman–Crippen MR) is 97.5 cm³/mol. The number of aryl methyl sites for hydroxylation is 3. The number of unbranched alkanes of at least 4 members (excludes halogenated alkanes) is 2. The molecule has 3 rings (SSSR count). The van der Waals surface area contributed by atoms with Gasteiger partial charge in [-0.1, -0.05) is 56.2 Å². The number of hydrogen-bond acceptors (Lipinski definition) is 2. The molecule has 0 aliphatic heterocycles.